The lowest BCUT2D eigenvalue weighted by molar-refractivity contribution is -0.222. The molecule has 1 aromatic rings. The van der Waals surface area contributed by atoms with Crippen LogP contribution in [0.4, 0.5) is 5.82 Å². The number of aromatic nitrogens is 2. The summed E-state index contributed by atoms with van der Waals surface area (Å²) in [4.78, 5) is 34.1. The van der Waals surface area contributed by atoms with Gasteiger partial charge in [-0.25, -0.2) is 4.79 Å². The molecule has 1 aliphatic heterocycles. The summed E-state index contributed by atoms with van der Waals surface area (Å²) in [5, 5.41) is 0. The number of nitrogens with two attached hydrogens (primary N) is 1. The number of hydrogen-bond donors (Lipinski definition) is 2. The van der Waals surface area contributed by atoms with Crippen molar-refractivity contribution in [1.29, 1.82) is 0 Å². The number of hydrogen-bond acceptors (Lipinski definition) is 7. The Bertz CT molecular complexity index is 555. The maximum Gasteiger partial charge on any atom is 0.351 e. The standard InChI is InChI=1S/C9H14N3O6P/c10-7-3-4-12(9(13)11-7)8-2-1-6(18-8)5-17-19(14,15)16/h3-4,6,8H,1-2,5H2,(H2,10,11,13)(H2,14,15,16)/p-1/t6-,8+/m0/s1. The van der Waals surface area contributed by atoms with E-state index in [2.05, 4.69) is 9.51 Å². The van der Waals surface area contributed by atoms with Gasteiger partial charge in [0.25, 0.3) is 7.82 Å². The minimum Gasteiger partial charge on any atom is -0.756 e. The average molecular weight is 290 g/mol. The maximum atomic E-state index is 11.6. The topological polar surface area (TPSA) is 140 Å². The van der Waals surface area contributed by atoms with Crippen LogP contribution in [0.3, 0.4) is 0 Å². The number of phosphoric acid groups is 1. The molecule has 9 nitrogen and oxygen atoms in total. The first-order valence-electron chi connectivity index (χ1n) is 5.53. The van der Waals surface area contributed by atoms with Gasteiger partial charge in [0.05, 0.1) is 12.7 Å². The van der Waals surface area contributed by atoms with Crippen molar-refractivity contribution in [3.05, 3.63) is 22.7 Å². The first-order chi connectivity index (χ1) is 8.85. The smallest absolute Gasteiger partial charge is 0.351 e. The van der Waals surface area contributed by atoms with E-state index in [4.69, 9.17) is 15.4 Å². The van der Waals surface area contributed by atoms with Crippen LogP contribution in [0, 0.1) is 0 Å². The first-order valence-corrected chi connectivity index (χ1v) is 7.03. The van der Waals surface area contributed by atoms with Crippen molar-refractivity contribution in [2.45, 2.75) is 25.2 Å². The minimum absolute atomic E-state index is 0.117. The molecule has 0 aromatic carbocycles. The molecule has 2 heterocycles. The molecule has 0 saturated carbocycles. The van der Waals surface area contributed by atoms with Crippen LogP contribution in [0.2, 0.25) is 0 Å². The Balaban J connectivity index is 1.98. The van der Waals surface area contributed by atoms with Gasteiger partial charge in [0.2, 0.25) is 0 Å². The average Bonchev–Trinajstić information content (AvgIpc) is 2.74. The van der Waals surface area contributed by atoms with Crippen molar-refractivity contribution in [3.8, 4) is 0 Å². The molecule has 1 fully saturated rings. The summed E-state index contributed by atoms with van der Waals surface area (Å²) in [5.74, 6) is 0.117. The molecule has 0 amide bonds. The third kappa shape index (κ3) is 3.85. The summed E-state index contributed by atoms with van der Waals surface area (Å²) in [5.41, 5.74) is 4.83. The van der Waals surface area contributed by atoms with E-state index in [9.17, 15) is 14.3 Å². The second-order valence-corrected chi connectivity index (χ2v) is 5.29. The number of nitrogens with zero attached hydrogens (tertiary/aromatic N) is 2. The molecule has 0 bridgehead atoms. The summed E-state index contributed by atoms with van der Waals surface area (Å²) in [7, 11) is -4.75. The molecule has 2 rings (SSSR count). The van der Waals surface area contributed by atoms with Gasteiger partial charge in [-0.1, -0.05) is 0 Å². The van der Waals surface area contributed by atoms with Crippen LogP contribution < -0.4 is 16.3 Å². The zero-order valence-corrected chi connectivity index (χ0v) is 10.7. The molecule has 3 atom stereocenters. The molecular formula is C9H13N3O6P-. The highest BCUT2D eigenvalue weighted by atomic mass is 31.2. The van der Waals surface area contributed by atoms with E-state index in [0.29, 0.717) is 12.8 Å². The van der Waals surface area contributed by atoms with E-state index in [1.54, 1.807) is 0 Å². The van der Waals surface area contributed by atoms with Gasteiger partial charge in [-0.15, -0.1) is 0 Å². The second-order valence-electron chi connectivity index (χ2n) is 4.10. The summed E-state index contributed by atoms with van der Waals surface area (Å²) in [6, 6.07) is 1.47. The lowest BCUT2D eigenvalue weighted by atomic mass is 10.2. The highest BCUT2D eigenvalue weighted by Crippen LogP contribution is 2.34. The Morgan fingerprint density at radius 3 is 3.05 bits per heavy atom. The van der Waals surface area contributed by atoms with Crippen molar-refractivity contribution < 1.29 is 23.6 Å². The number of nitrogen functional groups attached to an aromatic ring is 1. The monoisotopic (exact) mass is 290 g/mol. The van der Waals surface area contributed by atoms with Gasteiger partial charge >= 0.3 is 5.69 Å². The van der Waals surface area contributed by atoms with E-state index in [1.165, 1.54) is 16.8 Å². The van der Waals surface area contributed by atoms with Crippen LogP contribution >= 0.6 is 7.82 Å². The van der Waals surface area contributed by atoms with Crippen LogP contribution in [0.25, 0.3) is 0 Å². The second kappa shape index (κ2) is 5.40. The predicted molar refractivity (Wildman–Crippen MR) is 61.8 cm³/mol. The van der Waals surface area contributed by atoms with Crippen LogP contribution in [0.1, 0.15) is 19.1 Å². The van der Waals surface area contributed by atoms with E-state index in [0.717, 1.165) is 0 Å². The predicted octanol–water partition coefficient (Wildman–Crippen LogP) is -1.02. The largest absolute Gasteiger partial charge is 0.756 e. The van der Waals surface area contributed by atoms with Gasteiger partial charge in [0, 0.05) is 6.20 Å². The lowest BCUT2D eigenvalue weighted by Gasteiger charge is -2.19. The van der Waals surface area contributed by atoms with Crippen molar-refractivity contribution in [2.24, 2.45) is 0 Å². The number of anilines is 1. The quantitative estimate of drug-likeness (QED) is 0.671. The van der Waals surface area contributed by atoms with Crippen molar-refractivity contribution in [3.63, 3.8) is 0 Å². The van der Waals surface area contributed by atoms with Gasteiger partial charge < -0.3 is 24.8 Å². The molecule has 1 aromatic heterocycles. The van der Waals surface area contributed by atoms with Crippen molar-refractivity contribution in [1.82, 2.24) is 9.55 Å². The fraction of sp³-hybridized carbons (Fsp3) is 0.556. The Kier molecular flexibility index (Phi) is 4.02. The molecule has 0 aliphatic carbocycles. The maximum absolute atomic E-state index is 11.6. The van der Waals surface area contributed by atoms with Crippen LogP contribution in [-0.2, 0) is 13.8 Å². The van der Waals surface area contributed by atoms with E-state index in [1.807, 2.05) is 0 Å². The van der Waals surface area contributed by atoms with Crippen LogP contribution in [-0.4, -0.2) is 27.2 Å². The summed E-state index contributed by atoms with van der Waals surface area (Å²) < 4.78 is 21.4. The molecule has 3 N–H and O–H groups in total. The third-order valence-electron chi connectivity index (χ3n) is 2.67. The molecule has 1 saturated heterocycles. The molecule has 10 heteroatoms. The highest BCUT2D eigenvalue weighted by Gasteiger charge is 2.28. The lowest BCUT2D eigenvalue weighted by Crippen LogP contribution is -2.28. The molecule has 19 heavy (non-hydrogen) atoms. The van der Waals surface area contributed by atoms with Crippen molar-refractivity contribution >= 4 is 13.6 Å². The summed E-state index contributed by atoms with van der Waals surface area (Å²) >= 11 is 0. The molecular weight excluding hydrogens is 277 g/mol. The number of rotatable bonds is 4. The molecule has 1 unspecified atom stereocenters. The Morgan fingerprint density at radius 1 is 1.68 bits per heavy atom. The summed E-state index contributed by atoms with van der Waals surface area (Å²) in [6.07, 6.45) is 1.42. The third-order valence-corrected chi connectivity index (χ3v) is 3.15. The SMILES string of the molecule is Nc1ccn([C@H]2CC[C@@H](COP(=O)([O-])O)O2)c(=O)n1. The Labute approximate surface area is 108 Å². The van der Waals surface area contributed by atoms with Gasteiger partial charge in [0.15, 0.2) is 0 Å². The fourth-order valence-electron chi connectivity index (χ4n) is 1.84. The minimum atomic E-state index is -4.75. The van der Waals surface area contributed by atoms with Gasteiger partial charge in [0.1, 0.15) is 12.0 Å². The zero-order valence-electron chi connectivity index (χ0n) is 9.84. The molecule has 106 valence electrons. The van der Waals surface area contributed by atoms with Gasteiger partial charge in [-0.05, 0) is 18.9 Å². The highest BCUT2D eigenvalue weighted by molar-refractivity contribution is 7.44. The fourth-order valence-corrected chi connectivity index (χ4v) is 2.19. The molecule has 1 aliphatic rings. The van der Waals surface area contributed by atoms with Gasteiger partial charge in [-0.3, -0.25) is 9.13 Å². The normalized spacial score (nSPS) is 26.2. The van der Waals surface area contributed by atoms with Crippen LogP contribution in [0.15, 0.2) is 17.1 Å². The molecule has 0 spiro atoms. The Hall–Kier alpha value is -1.25. The van der Waals surface area contributed by atoms with Crippen molar-refractivity contribution in [2.75, 3.05) is 12.3 Å². The van der Waals surface area contributed by atoms with Gasteiger partial charge in [-0.2, -0.15) is 4.98 Å². The molecule has 0 radical (unpaired) electrons. The number of phosphoric ester groups is 1. The van der Waals surface area contributed by atoms with E-state index < -0.39 is 25.8 Å². The van der Waals surface area contributed by atoms with E-state index >= 15 is 0 Å². The summed E-state index contributed by atoms with van der Waals surface area (Å²) in [6.45, 7) is -0.287. The van der Waals surface area contributed by atoms with Crippen LogP contribution in [0.5, 0.6) is 0 Å². The van der Waals surface area contributed by atoms with E-state index in [-0.39, 0.29) is 12.4 Å². The zero-order chi connectivity index (χ0) is 14.0. The number of ether oxygens (including phenoxy) is 1. The Morgan fingerprint density at radius 2 is 2.42 bits per heavy atom. The first kappa shape index (κ1) is 14.2.